The van der Waals surface area contributed by atoms with Crippen molar-refractivity contribution in [3.63, 3.8) is 0 Å². The van der Waals surface area contributed by atoms with Crippen LogP contribution < -0.4 is 10.6 Å². The Morgan fingerprint density at radius 2 is 0.921 bits per heavy atom. The van der Waals surface area contributed by atoms with E-state index < -0.39 is 0 Å². The van der Waals surface area contributed by atoms with Crippen molar-refractivity contribution in [3.05, 3.63) is 278 Å². The summed E-state index contributed by atoms with van der Waals surface area (Å²) in [5.41, 5.74) is 16.7. The molecule has 2 aromatic heterocycles. The van der Waals surface area contributed by atoms with Gasteiger partial charge in [0, 0.05) is 47.6 Å². The number of furan rings is 1. The molecule has 1 aliphatic rings. The van der Waals surface area contributed by atoms with Gasteiger partial charge in [-0.2, -0.15) is 0 Å². The van der Waals surface area contributed by atoms with Crippen LogP contribution in [0.3, 0.4) is 0 Å². The van der Waals surface area contributed by atoms with Crippen LogP contribution in [0.4, 0.5) is 0 Å². The van der Waals surface area contributed by atoms with Gasteiger partial charge in [-0.05, 0) is 108 Å². The zero-order valence-electron chi connectivity index (χ0n) is 41.2. The molecule has 0 saturated carbocycles. The molecular weight excluding hydrogens is 943 g/mol. The first-order valence-electron chi connectivity index (χ1n) is 26.0. The Morgan fingerprint density at radius 1 is 0.368 bits per heavy atom. The second-order valence-electron chi connectivity index (χ2n) is 19.8. The van der Waals surface area contributed by atoms with E-state index in [1.54, 1.807) is 0 Å². The molecule has 2 unspecified atom stereocenters. The van der Waals surface area contributed by atoms with E-state index in [1.165, 1.54) is 64.5 Å². The molecule has 12 aromatic carbocycles. The fraction of sp³-hybridized carbons (Fsp3) is 0.0282. The van der Waals surface area contributed by atoms with Crippen molar-refractivity contribution in [2.24, 2.45) is 4.99 Å². The first-order valence-corrected chi connectivity index (χ1v) is 26.8. The maximum atomic E-state index is 7.08. The fourth-order valence-electron chi connectivity index (χ4n) is 11.6. The smallest absolute Gasteiger partial charge is 0.143 e. The summed E-state index contributed by atoms with van der Waals surface area (Å²) in [7, 11) is 0. The molecule has 3 heterocycles. The van der Waals surface area contributed by atoms with Crippen LogP contribution in [-0.4, -0.2) is 5.84 Å². The number of amidine groups is 1. The molecule has 15 rings (SSSR count). The van der Waals surface area contributed by atoms with E-state index in [2.05, 4.69) is 271 Å². The number of fused-ring (bicyclic) bond motifs is 8. The normalized spacial score (nSPS) is 14.7. The largest absolute Gasteiger partial charge is 0.455 e. The van der Waals surface area contributed by atoms with E-state index in [0.717, 1.165) is 77.3 Å². The second-order valence-corrected chi connectivity index (χ2v) is 20.9. The maximum Gasteiger partial charge on any atom is 0.143 e. The molecule has 14 aromatic rings. The van der Waals surface area contributed by atoms with Gasteiger partial charge in [0.1, 0.15) is 29.3 Å². The number of aliphatic imine (C=N–C) groups is 1. The van der Waals surface area contributed by atoms with Gasteiger partial charge in [-0.25, -0.2) is 4.99 Å². The van der Waals surface area contributed by atoms with Crippen LogP contribution in [0.25, 0.3) is 119 Å². The summed E-state index contributed by atoms with van der Waals surface area (Å²) in [5.74, 6) is 0.850. The van der Waals surface area contributed by atoms with Crippen molar-refractivity contribution in [3.8, 4) is 55.6 Å². The summed E-state index contributed by atoms with van der Waals surface area (Å²) in [5, 5.41) is 17.3. The van der Waals surface area contributed by atoms with Gasteiger partial charge in [-0.3, -0.25) is 5.32 Å². The third-order valence-corrected chi connectivity index (χ3v) is 16.6. The standard InChI is InChI=1S/C71H47N3OS/c1-3-15-44(16-4-1)46-31-35-49(36-32-46)69-72-70(74-71(73-69)62-27-14-26-60-58-25-11-12-28-65(58)76-68(60)62)61-40-38-57(55-23-9-10-24-56(55)61)59-39-37-54(67-66(59)63-42-52-19-7-8-20-53(52)43-64(63)75-67)48-33-29-47(30-34-48)51-22-13-21-50(41-51)45-17-5-2-6-18-45/h1-43,70-71,74H,(H,72,73). The Bertz CT molecular complexity index is 4580. The topological polar surface area (TPSA) is 49.6 Å². The molecule has 2 N–H and O–H groups in total. The molecule has 0 bridgehead atoms. The lowest BCUT2D eigenvalue weighted by molar-refractivity contribution is 0.413. The highest BCUT2D eigenvalue weighted by Gasteiger charge is 2.29. The van der Waals surface area contributed by atoms with E-state index in [-0.39, 0.29) is 12.3 Å². The van der Waals surface area contributed by atoms with Crippen LogP contribution in [-0.2, 0) is 0 Å². The van der Waals surface area contributed by atoms with Gasteiger partial charge < -0.3 is 9.73 Å². The molecule has 358 valence electrons. The van der Waals surface area contributed by atoms with Crippen molar-refractivity contribution in [1.29, 1.82) is 0 Å². The number of hydrogen-bond donors (Lipinski definition) is 2. The van der Waals surface area contributed by atoms with Gasteiger partial charge in [-0.1, -0.05) is 231 Å². The summed E-state index contributed by atoms with van der Waals surface area (Å²) in [6.45, 7) is 0. The Labute approximate surface area is 443 Å². The van der Waals surface area contributed by atoms with E-state index in [1.807, 2.05) is 11.3 Å². The van der Waals surface area contributed by atoms with Crippen LogP contribution in [0.5, 0.6) is 0 Å². The molecule has 2 atom stereocenters. The molecule has 0 radical (unpaired) electrons. The van der Waals surface area contributed by atoms with Crippen molar-refractivity contribution in [2.45, 2.75) is 12.3 Å². The van der Waals surface area contributed by atoms with Gasteiger partial charge in [0.15, 0.2) is 0 Å². The van der Waals surface area contributed by atoms with Crippen LogP contribution in [0, 0.1) is 0 Å². The highest BCUT2D eigenvalue weighted by molar-refractivity contribution is 7.26. The Morgan fingerprint density at radius 3 is 1.68 bits per heavy atom. The van der Waals surface area contributed by atoms with Crippen LogP contribution in [0.15, 0.2) is 270 Å². The lowest BCUT2D eigenvalue weighted by Crippen LogP contribution is -2.45. The molecule has 1 aliphatic heterocycles. The van der Waals surface area contributed by atoms with Gasteiger partial charge in [-0.15, -0.1) is 11.3 Å². The summed E-state index contributed by atoms with van der Waals surface area (Å²) in [6.07, 6.45) is -0.597. The Kier molecular flexibility index (Phi) is 10.6. The van der Waals surface area contributed by atoms with E-state index in [9.17, 15) is 0 Å². The molecule has 0 aliphatic carbocycles. The maximum absolute atomic E-state index is 7.08. The molecule has 5 heteroatoms. The van der Waals surface area contributed by atoms with Gasteiger partial charge in [0.05, 0.1) is 0 Å². The monoisotopic (exact) mass is 989 g/mol. The SMILES string of the molecule is c1ccc(-c2ccc(C3=NC(c4cccc5c4sc4ccccc45)NC(c4ccc(-c5ccc(-c6ccc(-c7cccc(-c8ccccc8)c7)cc6)c6oc7cc8ccccc8cc7c56)c5ccccc45)N3)cc2)cc1. The molecule has 76 heavy (non-hydrogen) atoms. The second kappa shape index (κ2) is 18.2. The summed E-state index contributed by atoms with van der Waals surface area (Å²) >= 11 is 1.84. The molecule has 0 saturated heterocycles. The number of thiophene rings is 1. The third kappa shape index (κ3) is 7.59. The average molecular weight is 990 g/mol. The van der Waals surface area contributed by atoms with Crippen molar-refractivity contribution < 1.29 is 4.42 Å². The van der Waals surface area contributed by atoms with Crippen molar-refractivity contribution >= 4 is 80.8 Å². The van der Waals surface area contributed by atoms with Gasteiger partial charge in [0.2, 0.25) is 0 Å². The number of nitrogens with one attached hydrogen (secondary N) is 2. The average Bonchev–Trinajstić information content (AvgIpc) is 4.14. The van der Waals surface area contributed by atoms with Crippen molar-refractivity contribution in [2.75, 3.05) is 0 Å². The fourth-order valence-corrected chi connectivity index (χ4v) is 12.9. The molecular formula is C71H47N3OS. The summed E-state index contributed by atoms with van der Waals surface area (Å²) < 4.78 is 9.60. The van der Waals surface area contributed by atoms with E-state index >= 15 is 0 Å². The Hall–Kier alpha value is -9.39. The molecule has 4 nitrogen and oxygen atoms in total. The predicted molar refractivity (Wildman–Crippen MR) is 320 cm³/mol. The highest BCUT2D eigenvalue weighted by Crippen LogP contribution is 2.46. The van der Waals surface area contributed by atoms with Crippen LogP contribution in [0.1, 0.15) is 29.0 Å². The zero-order valence-corrected chi connectivity index (χ0v) is 42.1. The number of rotatable bonds is 8. The summed E-state index contributed by atoms with van der Waals surface area (Å²) in [6, 6.07) is 94.2. The summed E-state index contributed by atoms with van der Waals surface area (Å²) in [4.78, 5) is 5.50. The number of benzene rings is 12. The lowest BCUT2D eigenvalue weighted by atomic mass is 9.89. The lowest BCUT2D eigenvalue weighted by Gasteiger charge is -2.33. The third-order valence-electron chi connectivity index (χ3n) is 15.4. The first kappa shape index (κ1) is 44.1. The minimum atomic E-state index is -0.321. The van der Waals surface area contributed by atoms with Crippen LogP contribution in [0.2, 0.25) is 0 Å². The minimum absolute atomic E-state index is 0.276. The van der Waals surface area contributed by atoms with E-state index in [0.29, 0.717) is 0 Å². The Balaban J connectivity index is 0.855. The quantitative estimate of drug-likeness (QED) is 0.159. The minimum Gasteiger partial charge on any atom is -0.455 e. The molecule has 0 amide bonds. The van der Waals surface area contributed by atoms with Crippen LogP contribution >= 0.6 is 11.3 Å². The number of nitrogens with zero attached hydrogens (tertiary/aromatic N) is 1. The number of hydrogen-bond acceptors (Lipinski definition) is 5. The predicted octanol–water partition coefficient (Wildman–Crippen LogP) is 18.9. The highest BCUT2D eigenvalue weighted by atomic mass is 32.1. The first-order chi connectivity index (χ1) is 37.6. The molecule has 0 spiro atoms. The zero-order chi connectivity index (χ0) is 50.1. The van der Waals surface area contributed by atoms with Gasteiger partial charge >= 0.3 is 0 Å². The molecule has 0 fully saturated rings. The van der Waals surface area contributed by atoms with Crippen molar-refractivity contribution in [1.82, 2.24) is 10.6 Å². The van der Waals surface area contributed by atoms with E-state index in [4.69, 9.17) is 9.41 Å². The van der Waals surface area contributed by atoms with Gasteiger partial charge in [0.25, 0.3) is 0 Å².